The summed E-state index contributed by atoms with van der Waals surface area (Å²) in [6.07, 6.45) is 53.8. The summed E-state index contributed by atoms with van der Waals surface area (Å²) in [6.45, 7) is 13.9. The first-order valence-electron chi connectivity index (χ1n) is 34.1. The molecule has 0 amide bonds. The maximum atomic E-state index is 8.15. The first kappa shape index (κ1) is 68.2. The lowest BCUT2D eigenvalue weighted by Crippen LogP contribution is -2.42. The van der Waals surface area contributed by atoms with Crippen molar-refractivity contribution in [3.8, 4) is 33.8 Å². The third-order valence-electron chi connectivity index (χ3n) is 17.8. The van der Waals surface area contributed by atoms with Crippen molar-refractivity contribution in [2.75, 3.05) is 0 Å². The molecule has 0 fully saturated rings. The van der Waals surface area contributed by atoms with Crippen LogP contribution in [0.15, 0.2) is 93.9 Å². The molecule has 2 aliphatic heterocycles. The number of unbranched alkanes of at least 4 members (excludes halogenated alkanes) is 30. The Hall–Kier alpha value is -2.60. The number of ether oxygens (including phenoxy) is 3. The predicted molar refractivity (Wildman–Crippen MR) is 356 cm³/mol. The molecule has 0 saturated heterocycles. The van der Waals surface area contributed by atoms with Gasteiger partial charge >= 0.3 is 0 Å². The molecule has 2 heterocycles. The molecule has 5 heteroatoms. The first-order chi connectivity index (χ1) is 39.2. The van der Waals surface area contributed by atoms with Gasteiger partial charge in [0.15, 0.2) is 0 Å². The summed E-state index contributed by atoms with van der Waals surface area (Å²) in [7, 11) is 0. The predicted octanol–water partition coefficient (Wildman–Crippen LogP) is 26.6. The molecular weight excluding hydrogens is 1110 g/mol. The lowest BCUT2D eigenvalue weighted by Gasteiger charge is -2.45. The molecule has 80 heavy (non-hydrogen) atoms. The Labute approximate surface area is 509 Å². The minimum Gasteiger partial charge on any atom is -0.452 e. The van der Waals surface area contributed by atoms with Crippen LogP contribution in [0, 0.1) is 0 Å². The molecule has 4 aromatic carbocycles. The number of fused-ring (bicyclic) bond motifs is 6. The van der Waals surface area contributed by atoms with Gasteiger partial charge in [-0.2, -0.15) is 0 Å². The Morgan fingerprint density at radius 1 is 0.287 bits per heavy atom. The van der Waals surface area contributed by atoms with Crippen LogP contribution in [-0.2, 0) is 15.9 Å². The molecule has 0 unspecified atom stereocenters. The van der Waals surface area contributed by atoms with Crippen LogP contribution >= 0.6 is 31.9 Å². The van der Waals surface area contributed by atoms with Gasteiger partial charge in [0.05, 0.1) is 11.2 Å². The average Bonchev–Trinajstić information content (AvgIpc) is 3.73. The normalized spacial score (nSPS) is 14.6. The van der Waals surface area contributed by atoms with E-state index in [-0.39, 0.29) is 11.2 Å². The van der Waals surface area contributed by atoms with E-state index in [1.807, 2.05) is 0 Å². The molecule has 0 spiro atoms. The van der Waals surface area contributed by atoms with Crippen molar-refractivity contribution in [2.45, 2.75) is 328 Å². The molecule has 6 rings (SSSR count). The Morgan fingerprint density at radius 3 is 0.850 bits per heavy atom. The van der Waals surface area contributed by atoms with E-state index >= 15 is 0 Å². The van der Waals surface area contributed by atoms with E-state index < -0.39 is 5.79 Å². The van der Waals surface area contributed by atoms with Gasteiger partial charge in [-0.25, -0.2) is 0 Å². The summed E-state index contributed by atoms with van der Waals surface area (Å²) in [4.78, 5) is 0. The molecule has 0 aliphatic carbocycles. The van der Waals surface area contributed by atoms with Crippen molar-refractivity contribution in [3.63, 3.8) is 0 Å². The van der Waals surface area contributed by atoms with Crippen LogP contribution in [0.5, 0.6) is 11.5 Å². The van der Waals surface area contributed by atoms with Crippen molar-refractivity contribution in [1.29, 1.82) is 0 Å². The van der Waals surface area contributed by atoms with Crippen LogP contribution in [0.3, 0.4) is 0 Å². The van der Waals surface area contributed by atoms with Crippen LogP contribution < -0.4 is 9.47 Å². The van der Waals surface area contributed by atoms with Gasteiger partial charge in [0.25, 0.3) is 5.79 Å². The minimum atomic E-state index is -0.614. The fourth-order valence-corrected chi connectivity index (χ4v) is 13.9. The summed E-state index contributed by atoms with van der Waals surface area (Å²) in [5.74, 6) is 1.22. The van der Waals surface area contributed by atoms with Crippen molar-refractivity contribution >= 4 is 31.9 Å². The Morgan fingerprint density at radius 2 is 0.550 bits per heavy atom. The zero-order valence-corrected chi connectivity index (χ0v) is 55.4. The van der Waals surface area contributed by atoms with E-state index in [4.69, 9.17) is 14.2 Å². The van der Waals surface area contributed by atoms with Gasteiger partial charge in [-0.3, -0.25) is 0 Å². The number of benzene rings is 4. The van der Waals surface area contributed by atoms with Gasteiger partial charge in [-0.15, -0.1) is 0 Å². The Kier molecular flexibility index (Phi) is 34.0. The highest BCUT2D eigenvalue weighted by molar-refractivity contribution is 9.10. The topological polar surface area (TPSA) is 27.7 Å². The maximum absolute atomic E-state index is 8.15. The molecule has 2 aliphatic rings. The standard InChI is InChI=1S/C46H76O.C29H40Br2O2/c1-5-9-13-17-21-29-37-45(38-30-22-18-14-10-6-2)43-35-27-25-33-41(43)42-34-26-28-36-44(42)46(47-45,39-31-23-19-15-11-7-3)40-32-24-20-16-12-8-4;1-3-5-7-9-11-13-19-29(20-14-12-10-8-6-4-2)32-27-21-23(30)15-17-25(27)26-18-16-24(31)22-28(26)33-29/h25-28,33-36H,5-24,29-32,37-40H2,1-4H3;15-18,21-22H,3-14,19-20H2,1-2H3. The summed E-state index contributed by atoms with van der Waals surface area (Å²) in [6, 6.07) is 31.6. The first-order valence-corrected chi connectivity index (χ1v) is 35.7. The lowest BCUT2D eigenvalue weighted by atomic mass is 9.79. The number of hydrogen-bond donors (Lipinski definition) is 0. The smallest absolute Gasteiger partial charge is 0.251 e. The van der Waals surface area contributed by atoms with Gasteiger partial charge in [-0.1, -0.05) is 340 Å². The summed E-state index contributed by atoms with van der Waals surface area (Å²) in [5, 5.41) is 0. The second-order valence-corrected chi connectivity index (χ2v) is 26.5. The van der Waals surface area contributed by atoms with E-state index in [2.05, 4.69) is 158 Å². The van der Waals surface area contributed by atoms with Crippen molar-refractivity contribution in [1.82, 2.24) is 0 Å². The highest BCUT2D eigenvalue weighted by Crippen LogP contribution is 2.55. The van der Waals surface area contributed by atoms with Crippen LogP contribution in [0.1, 0.15) is 322 Å². The minimum absolute atomic E-state index is 0.213. The number of rotatable bonds is 42. The lowest BCUT2D eigenvalue weighted by molar-refractivity contribution is -0.185. The van der Waals surface area contributed by atoms with E-state index in [1.165, 1.54) is 241 Å². The van der Waals surface area contributed by atoms with Crippen molar-refractivity contribution in [3.05, 3.63) is 105 Å². The number of halogens is 2. The van der Waals surface area contributed by atoms with E-state index in [0.29, 0.717) is 0 Å². The van der Waals surface area contributed by atoms with Gasteiger partial charge in [0.2, 0.25) is 0 Å². The van der Waals surface area contributed by atoms with Crippen LogP contribution in [0.2, 0.25) is 0 Å². The Bertz CT molecular complexity index is 2040. The monoisotopic (exact) mass is 1220 g/mol. The number of hydrogen-bond acceptors (Lipinski definition) is 3. The second-order valence-electron chi connectivity index (χ2n) is 24.7. The van der Waals surface area contributed by atoms with Gasteiger partial charge < -0.3 is 14.2 Å². The summed E-state index contributed by atoms with van der Waals surface area (Å²) in [5.41, 5.74) is 7.66. The molecule has 4 aromatic rings. The molecule has 0 atom stereocenters. The van der Waals surface area contributed by atoms with Gasteiger partial charge in [0, 0.05) is 32.9 Å². The third kappa shape index (κ3) is 22.8. The highest BCUT2D eigenvalue weighted by atomic mass is 79.9. The molecule has 0 bridgehead atoms. The van der Waals surface area contributed by atoms with Crippen molar-refractivity contribution < 1.29 is 14.2 Å². The zero-order valence-electron chi connectivity index (χ0n) is 52.3. The SMILES string of the molecule is CCCCCCCCC1(CCCCCCCC)OC(CCCCCCCC)(CCCCCCCC)c2ccccc2-c2ccccc21.CCCCCCCCC1(CCCCCCCC)Oc2cc(Br)ccc2-c2ccc(Br)cc2O1. The molecule has 0 aromatic heterocycles. The third-order valence-corrected chi connectivity index (χ3v) is 18.8. The molecule has 448 valence electrons. The van der Waals surface area contributed by atoms with Crippen LogP contribution in [-0.4, -0.2) is 5.79 Å². The average molecular weight is 1230 g/mol. The summed E-state index contributed by atoms with van der Waals surface area (Å²) < 4.78 is 23.9. The molecular formula is C75H116Br2O3. The highest BCUT2D eigenvalue weighted by Gasteiger charge is 2.48. The summed E-state index contributed by atoms with van der Waals surface area (Å²) >= 11 is 7.31. The van der Waals surface area contributed by atoms with E-state index in [0.717, 1.165) is 82.9 Å². The van der Waals surface area contributed by atoms with Crippen LogP contribution in [0.4, 0.5) is 0 Å². The van der Waals surface area contributed by atoms with Gasteiger partial charge in [-0.05, 0) is 97.2 Å². The maximum Gasteiger partial charge on any atom is 0.251 e. The largest absolute Gasteiger partial charge is 0.452 e. The van der Waals surface area contributed by atoms with E-state index in [9.17, 15) is 0 Å². The fourth-order valence-electron chi connectivity index (χ4n) is 13.2. The van der Waals surface area contributed by atoms with Gasteiger partial charge in [0.1, 0.15) is 11.5 Å². The Balaban J connectivity index is 0.000000312. The zero-order chi connectivity index (χ0) is 57.0. The molecule has 0 saturated carbocycles. The molecule has 3 nitrogen and oxygen atoms in total. The quantitative estimate of drug-likeness (QED) is 0.0414. The van der Waals surface area contributed by atoms with Crippen LogP contribution in [0.25, 0.3) is 22.3 Å². The van der Waals surface area contributed by atoms with E-state index in [1.54, 1.807) is 0 Å². The fraction of sp³-hybridized carbons (Fsp3) is 0.680. The molecule has 0 N–H and O–H groups in total. The second kappa shape index (κ2) is 39.9. The van der Waals surface area contributed by atoms with Crippen molar-refractivity contribution in [2.24, 2.45) is 0 Å². The molecule has 0 radical (unpaired) electrons.